The number of methoxy groups -OCH3 is 1. The Hall–Kier alpha value is -1.10. The molecule has 0 spiro atoms. The molecule has 0 amide bonds. The van der Waals surface area contributed by atoms with Crippen molar-refractivity contribution in [3.63, 3.8) is 0 Å². The monoisotopic (exact) mass is 292 g/mol. The Labute approximate surface area is 128 Å². The van der Waals surface area contributed by atoms with Crippen molar-refractivity contribution in [2.45, 2.75) is 31.9 Å². The fourth-order valence-corrected chi connectivity index (χ4v) is 3.07. The summed E-state index contributed by atoms with van der Waals surface area (Å²) in [7, 11) is 3.84. The minimum atomic E-state index is -0.437. The van der Waals surface area contributed by atoms with Gasteiger partial charge in [0.1, 0.15) is 5.75 Å². The molecule has 4 nitrogen and oxygen atoms in total. The standard InChI is InChI=1S/C17H28N2O2/c1-4-15-12-18(2)10-5-11-19(15)13-17(20)14-6-8-16(21-3)9-7-14/h6-9,15,17,20H,4-5,10-13H2,1-3H3. The summed E-state index contributed by atoms with van der Waals surface area (Å²) in [5, 5.41) is 10.5. The third-order valence-corrected chi connectivity index (χ3v) is 4.40. The van der Waals surface area contributed by atoms with Crippen LogP contribution in [0.1, 0.15) is 31.4 Å². The van der Waals surface area contributed by atoms with Crippen molar-refractivity contribution in [1.29, 1.82) is 0 Å². The van der Waals surface area contributed by atoms with Crippen LogP contribution in [0.3, 0.4) is 0 Å². The number of β-amino-alcohol motifs (C(OH)–C–C–N with tert-alkyl or cyclic N) is 1. The summed E-state index contributed by atoms with van der Waals surface area (Å²) in [6.07, 6.45) is 1.86. The molecule has 0 bridgehead atoms. The minimum Gasteiger partial charge on any atom is -0.497 e. The summed E-state index contributed by atoms with van der Waals surface area (Å²) in [4.78, 5) is 4.84. The largest absolute Gasteiger partial charge is 0.497 e. The Morgan fingerprint density at radius 2 is 2.00 bits per heavy atom. The van der Waals surface area contributed by atoms with E-state index in [1.807, 2.05) is 24.3 Å². The highest BCUT2D eigenvalue weighted by molar-refractivity contribution is 5.28. The highest BCUT2D eigenvalue weighted by Gasteiger charge is 2.24. The van der Waals surface area contributed by atoms with E-state index in [1.165, 1.54) is 6.42 Å². The molecule has 1 aromatic rings. The lowest BCUT2D eigenvalue weighted by atomic mass is 10.1. The molecule has 1 aliphatic rings. The second-order valence-electron chi connectivity index (χ2n) is 5.96. The molecule has 1 aromatic carbocycles. The van der Waals surface area contributed by atoms with Gasteiger partial charge in [0.2, 0.25) is 0 Å². The molecule has 0 saturated carbocycles. The van der Waals surface area contributed by atoms with E-state index in [0.29, 0.717) is 12.6 Å². The van der Waals surface area contributed by atoms with Crippen molar-refractivity contribution in [2.24, 2.45) is 0 Å². The van der Waals surface area contributed by atoms with Gasteiger partial charge in [0, 0.05) is 19.1 Å². The van der Waals surface area contributed by atoms with Crippen molar-refractivity contribution in [1.82, 2.24) is 9.80 Å². The van der Waals surface area contributed by atoms with E-state index in [4.69, 9.17) is 4.74 Å². The van der Waals surface area contributed by atoms with Crippen LogP contribution in [0.15, 0.2) is 24.3 Å². The Morgan fingerprint density at radius 3 is 2.62 bits per heavy atom. The lowest BCUT2D eigenvalue weighted by Gasteiger charge is -2.31. The molecule has 1 saturated heterocycles. The van der Waals surface area contributed by atoms with E-state index in [9.17, 15) is 5.11 Å². The number of likely N-dealkylation sites (N-methyl/N-ethyl adjacent to an activating group) is 1. The van der Waals surface area contributed by atoms with Gasteiger partial charge < -0.3 is 14.7 Å². The molecular weight excluding hydrogens is 264 g/mol. The normalized spacial score (nSPS) is 22.8. The highest BCUT2D eigenvalue weighted by atomic mass is 16.5. The molecule has 2 unspecified atom stereocenters. The van der Waals surface area contributed by atoms with Gasteiger partial charge in [0.15, 0.2) is 0 Å². The van der Waals surface area contributed by atoms with Crippen LogP contribution in [0.5, 0.6) is 5.75 Å². The fourth-order valence-electron chi connectivity index (χ4n) is 3.07. The SMILES string of the molecule is CCC1CN(C)CCCN1CC(O)c1ccc(OC)cc1. The second-order valence-corrected chi connectivity index (χ2v) is 5.96. The van der Waals surface area contributed by atoms with Crippen molar-refractivity contribution in [3.05, 3.63) is 29.8 Å². The topological polar surface area (TPSA) is 35.9 Å². The summed E-state index contributed by atoms with van der Waals surface area (Å²) in [6.45, 7) is 6.24. The first-order chi connectivity index (χ1) is 10.1. The van der Waals surface area contributed by atoms with Gasteiger partial charge >= 0.3 is 0 Å². The summed E-state index contributed by atoms with van der Waals surface area (Å²) in [5.41, 5.74) is 0.961. The van der Waals surface area contributed by atoms with Crippen molar-refractivity contribution in [3.8, 4) is 5.75 Å². The molecule has 4 heteroatoms. The van der Waals surface area contributed by atoms with Crippen molar-refractivity contribution >= 4 is 0 Å². The molecule has 1 fully saturated rings. The average Bonchev–Trinajstić information content (AvgIpc) is 2.68. The van der Waals surface area contributed by atoms with Crippen LogP contribution in [0.25, 0.3) is 0 Å². The number of hydrogen-bond donors (Lipinski definition) is 1. The summed E-state index contributed by atoms with van der Waals surface area (Å²) in [6, 6.07) is 8.26. The summed E-state index contributed by atoms with van der Waals surface area (Å²) < 4.78 is 5.16. The van der Waals surface area contributed by atoms with E-state index in [0.717, 1.165) is 37.4 Å². The maximum atomic E-state index is 10.5. The smallest absolute Gasteiger partial charge is 0.118 e. The zero-order chi connectivity index (χ0) is 15.2. The predicted octanol–water partition coefficient (Wildman–Crippen LogP) is 2.14. The molecule has 1 heterocycles. The van der Waals surface area contributed by atoms with Crippen LogP contribution in [0, 0.1) is 0 Å². The molecule has 21 heavy (non-hydrogen) atoms. The van der Waals surface area contributed by atoms with Crippen molar-refractivity contribution in [2.75, 3.05) is 40.3 Å². The number of aliphatic hydroxyl groups is 1. The zero-order valence-corrected chi connectivity index (χ0v) is 13.5. The second kappa shape index (κ2) is 7.78. The minimum absolute atomic E-state index is 0.437. The van der Waals surface area contributed by atoms with Gasteiger partial charge in [-0.15, -0.1) is 0 Å². The number of hydrogen-bond acceptors (Lipinski definition) is 4. The van der Waals surface area contributed by atoms with Crippen LogP contribution in [0.4, 0.5) is 0 Å². The maximum absolute atomic E-state index is 10.5. The van der Waals surface area contributed by atoms with E-state index < -0.39 is 6.10 Å². The first kappa shape index (κ1) is 16.3. The van der Waals surface area contributed by atoms with Crippen LogP contribution >= 0.6 is 0 Å². The Kier molecular flexibility index (Phi) is 6.03. The van der Waals surface area contributed by atoms with Crippen molar-refractivity contribution < 1.29 is 9.84 Å². The number of rotatable bonds is 5. The number of aliphatic hydroxyl groups excluding tert-OH is 1. The van der Waals surface area contributed by atoms with Gasteiger partial charge in [-0.25, -0.2) is 0 Å². The van der Waals surface area contributed by atoms with Crippen LogP contribution in [0.2, 0.25) is 0 Å². The third-order valence-electron chi connectivity index (χ3n) is 4.40. The third kappa shape index (κ3) is 4.43. The maximum Gasteiger partial charge on any atom is 0.118 e. The molecule has 1 aliphatic heterocycles. The van der Waals surface area contributed by atoms with E-state index in [-0.39, 0.29) is 0 Å². The highest BCUT2D eigenvalue weighted by Crippen LogP contribution is 2.21. The zero-order valence-electron chi connectivity index (χ0n) is 13.5. The van der Waals surface area contributed by atoms with Gasteiger partial charge in [-0.2, -0.15) is 0 Å². The number of ether oxygens (including phenoxy) is 1. The van der Waals surface area contributed by atoms with E-state index in [1.54, 1.807) is 7.11 Å². The molecular formula is C17H28N2O2. The van der Waals surface area contributed by atoms with Gasteiger partial charge in [-0.3, -0.25) is 4.90 Å². The number of nitrogens with zero attached hydrogens (tertiary/aromatic N) is 2. The van der Waals surface area contributed by atoms with Gasteiger partial charge in [0.05, 0.1) is 13.2 Å². The quantitative estimate of drug-likeness (QED) is 0.902. The molecule has 118 valence electrons. The Bertz CT molecular complexity index is 421. The van der Waals surface area contributed by atoms with E-state index in [2.05, 4.69) is 23.8 Å². The average molecular weight is 292 g/mol. The molecule has 0 aromatic heterocycles. The summed E-state index contributed by atoms with van der Waals surface area (Å²) >= 11 is 0. The summed E-state index contributed by atoms with van der Waals surface area (Å²) in [5.74, 6) is 0.828. The molecule has 1 N–H and O–H groups in total. The van der Waals surface area contributed by atoms with Crippen LogP contribution in [-0.4, -0.2) is 61.3 Å². The first-order valence-corrected chi connectivity index (χ1v) is 7.88. The molecule has 2 rings (SSSR count). The van der Waals surface area contributed by atoms with Gasteiger partial charge in [-0.05, 0) is 50.7 Å². The van der Waals surface area contributed by atoms with Crippen LogP contribution in [-0.2, 0) is 0 Å². The Morgan fingerprint density at radius 1 is 1.29 bits per heavy atom. The van der Waals surface area contributed by atoms with Gasteiger partial charge in [-0.1, -0.05) is 19.1 Å². The van der Waals surface area contributed by atoms with Gasteiger partial charge in [0.25, 0.3) is 0 Å². The molecule has 0 radical (unpaired) electrons. The van der Waals surface area contributed by atoms with E-state index >= 15 is 0 Å². The predicted molar refractivity (Wildman–Crippen MR) is 85.7 cm³/mol. The fraction of sp³-hybridized carbons (Fsp3) is 0.647. The number of benzene rings is 1. The lowest BCUT2D eigenvalue weighted by molar-refractivity contribution is 0.0853. The molecule has 2 atom stereocenters. The molecule has 0 aliphatic carbocycles. The first-order valence-electron chi connectivity index (χ1n) is 7.88. The lowest BCUT2D eigenvalue weighted by Crippen LogP contribution is -2.41. The van der Waals surface area contributed by atoms with Crippen LogP contribution < -0.4 is 4.74 Å². The Balaban J connectivity index is 2.00.